The SMILES string of the molecule is CN=C(NCC1(O)CCc2ccccc21)NC1CCN(Cc2ccccc2)C1. The van der Waals surface area contributed by atoms with E-state index >= 15 is 0 Å². The molecule has 4 rings (SSSR count). The molecule has 148 valence electrons. The Bertz CT molecular complexity index is 822. The molecule has 2 aromatic rings. The van der Waals surface area contributed by atoms with Crippen molar-refractivity contribution in [3.05, 3.63) is 71.3 Å². The molecule has 2 atom stereocenters. The van der Waals surface area contributed by atoms with Crippen LogP contribution in [0.4, 0.5) is 0 Å². The first-order valence-corrected chi connectivity index (χ1v) is 10.2. The molecule has 0 bridgehead atoms. The van der Waals surface area contributed by atoms with Crippen molar-refractivity contribution in [2.24, 2.45) is 4.99 Å². The van der Waals surface area contributed by atoms with Crippen LogP contribution in [0.3, 0.4) is 0 Å². The zero-order valence-electron chi connectivity index (χ0n) is 16.6. The molecule has 0 radical (unpaired) electrons. The van der Waals surface area contributed by atoms with Crippen molar-refractivity contribution in [1.29, 1.82) is 0 Å². The minimum absolute atomic E-state index is 0.375. The Balaban J connectivity index is 1.29. The highest BCUT2D eigenvalue weighted by Gasteiger charge is 2.36. The fourth-order valence-electron chi connectivity index (χ4n) is 4.41. The summed E-state index contributed by atoms with van der Waals surface area (Å²) in [4.78, 5) is 6.85. The van der Waals surface area contributed by atoms with Gasteiger partial charge in [0.2, 0.25) is 0 Å². The second-order valence-electron chi connectivity index (χ2n) is 7.97. The Kier molecular flexibility index (Phi) is 5.64. The van der Waals surface area contributed by atoms with Crippen LogP contribution in [-0.2, 0) is 18.6 Å². The number of aryl methyl sites for hydroxylation is 1. The first-order chi connectivity index (χ1) is 13.7. The molecule has 5 heteroatoms. The number of nitrogens with zero attached hydrogens (tertiary/aromatic N) is 2. The highest BCUT2D eigenvalue weighted by molar-refractivity contribution is 5.80. The molecule has 1 aliphatic heterocycles. The summed E-state index contributed by atoms with van der Waals surface area (Å²) in [6, 6.07) is 19.2. The maximum absolute atomic E-state index is 11.1. The molecule has 2 aliphatic rings. The van der Waals surface area contributed by atoms with E-state index in [1.807, 2.05) is 18.2 Å². The van der Waals surface area contributed by atoms with Crippen LogP contribution < -0.4 is 10.6 Å². The van der Waals surface area contributed by atoms with Gasteiger partial charge in [-0.2, -0.15) is 0 Å². The van der Waals surface area contributed by atoms with E-state index < -0.39 is 5.60 Å². The fraction of sp³-hybridized carbons (Fsp3) is 0.435. The van der Waals surface area contributed by atoms with Gasteiger partial charge in [-0.25, -0.2) is 0 Å². The summed E-state index contributed by atoms with van der Waals surface area (Å²) in [5.41, 5.74) is 2.84. The van der Waals surface area contributed by atoms with Crippen LogP contribution in [0.2, 0.25) is 0 Å². The lowest BCUT2D eigenvalue weighted by Crippen LogP contribution is -2.48. The van der Waals surface area contributed by atoms with E-state index in [1.54, 1.807) is 7.05 Å². The molecule has 1 saturated heterocycles. The van der Waals surface area contributed by atoms with Crippen molar-refractivity contribution >= 4 is 5.96 Å². The van der Waals surface area contributed by atoms with Crippen LogP contribution in [0.5, 0.6) is 0 Å². The summed E-state index contributed by atoms with van der Waals surface area (Å²) in [5.74, 6) is 0.768. The lowest BCUT2D eigenvalue weighted by molar-refractivity contribution is 0.0431. The number of nitrogens with one attached hydrogen (secondary N) is 2. The van der Waals surface area contributed by atoms with Crippen LogP contribution in [0.1, 0.15) is 29.5 Å². The van der Waals surface area contributed by atoms with Crippen molar-refractivity contribution in [2.45, 2.75) is 37.5 Å². The van der Waals surface area contributed by atoms with E-state index in [-0.39, 0.29) is 0 Å². The Hall–Kier alpha value is -2.37. The lowest BCUT2D eigenvalue weighted by atomic mass is 9.96. The van der Waals surface area contributed by atoms with E-state index in [0.717, 1.165) is 50.4 Å². The van der Waals surface area contributed by atoms with Gasteiger partial charge < -0.3 is 15.7 Å². The number of aliphatic hydroxyl groups is 1. The average molecular weight is 379 g/mol. The van der Waals surface area contributed by atoms with Gasteiger partial charge in [-0.05, 0) is 36.0 Å². The van der Waals surface area contributed by atoms with E-state index in [4.69, 9.17) is 0 Å². The largest absolute Gasteiger partial charge is 0.383 e. The van der Waals surface area contributed by atoms with Crippen LogP contribution in [0.15, 0.2) is 59.6 Å². The van der Waals surface area contributed by atoms with Gasteiger partial charge in [-0.15, -0.1) is 0 Å². The fourth-order valence-corrected chi connectivity index (χ4v) is 4.41. The lowest BCUT2D eigenvalue weighted by Gasteiger charge is -2.26. The van der Waals surface area contributed by atoms with Crippen molar-refractivity contribution in [3.8, 4) is 0 Å². The van der Waals surface area contributed by atoms with Crippen molar-refractivity contribution in [3.63, 3.8) is 0 Å². The van der Waals surface area contributed by atoms with Crippen molar-refractivity contribution in [2.75, 3.05) is 26.7 Å². The second-order valence-corrected chi connectivity index (χ2v) is 7.97. The molecule has 0 amide bonds. The van der Waals surface area contributed by atoms with E-state index in [9.17, 15) is 5.11 Å². The number of hydrogen-bond donors (Lipinski definition) is 3. The van der Waals surface area contributed by atoms with E-state index in [2.05, 4.69) is 56.9 Å². The molecule has 0 spiro atoms. The molecular formula is C23H30N4O. The number of fused-ring (bicyclic) bond motifs is 1. The topological polar surface area (TPSA) is 59.9 Å². The van der Waals surface area contributed by atoms with Crippen molar-refractivity contribution < 1.29 is 5.11 Å². The zero-order valence-corrected chi connectivity index (χ0v) is 16.6. The number of guanidine groups is 1. The van der Waals surface area contributed by atoms with Gasteiger partial charge in [0.1, 0.15) is 5.60 Å². The molecule has 1 heterocycles. The van der Waals surface area contributed by atoms with E-state index in [0.29, 0.717) is 12.6 Å². The minimum atomic E-state index is -0.816. The third-order valence-electron chi connectivity index (χ3n) is 5.96. The zero-order chi connectivity index (χ0) is 19.4. The standard InChI is InChI=1S/C23H30N4O/c1-24-22(25-17-23(28)13-11-19-9-5-6-10-21(19)23)26-20-12-14-27(16-20)15-18-7-3-2-4-8-18/h2-10,20,28H,11-17H2,1H3,(H2,24,25,26). The van der Waals surface area contributed by atoms with Gasteiger partial charge in [-0.3, -0.25) is 9.89 Å². The molecular weight excluding hydrogens is 348 g/mol. The summed E-state index contributed by atoms with van der Waals surface area (Å²) < 4.78 is 0. The first-order valence-electron chi connectivity index (χ1n) is 10.2. The molecule has 5 nitrogen and oxygen atoms in total. The Morgan fingerprint density at radius 1 is 1.18 bits per heavy atom. The Morgan fingerprint density at radius 2 is 1.96 bits per heavy atom. The Morgan fingerprint density at radius 3 is 2.79 bits per heavy atom. The number of aliphatic imine (C=N–C) groups is 1. The predicted molar refractivity (Wildman–Crippen MR) is 113 cm³/mol. The number of rotatable bonds is 5. The molecule has 1 aliphatic carbocycles. The van der Waals surface area contributed by atoms with E-state index in [1.165, 1.54) is 11.1 Å². The summed E-state index contributed by atoms with van der Waals surface area (Å²) in [6.45, 7) is 3.55. The van der Waals surface area contributed by atoms with Gasteiger partial charge in [0.25, 0.3) is 0 Å². The van der Waals surface area contributed by atoms with Crippen LogP contribution >= 0.6 is 0 Å². The van der Waals surface area contributed by atoms with Gasteiger partial charge in [0.15, 0.2) is 5.96 Å². The van der Waals surface area contributed by atoms with Crippen LogP contribution in [-0.4, -0.2) is 48.7 Å². The normalized spacial score (nSPS) is 24.9. The molecule has 0 saturated carbocycles. The Labute approximate surface area is 167 Å². The molecule has 28 heavy (non-hydrogen) atoms. The maximum atomic E-state index is 11.1. The molecule has 1 fully saturated rings. The molecule has 2 unspecified atom stereocenters. The van der Waals surface area contributed by atoms with Gasteiger partial charge in [0.05, 0.1) is 6.54 Å². The highest BCUT2D eigenvalue weighted by Crippen LogP contribution is 2.36. The molecule has 2 aromatic carbocycles. The number of benzene rings is 2. The summed E-state index contributed by atoms with van der Waals surface area (Å²) in [5, 5.41) is 18.0. The monoisotopic (exact) mass is 378 g/mol. The summed E-state index contributed by atoms with van der Waals surface area (Å²) in [7, 11) is 1.79. The van der Waals surface area contributed by atoms with Gasteiger partial charge in [0, 0.05) is 32.7 Å². The molecule has 0 aromatic heterocycles. The maximum Gasteiger partial charge on any atom is 0.191 e. The quantitative estimate of drug-likeness (QED) is 0.552. The summed E-state index contributed by atoms with van der Waals surface area (Å²) >= 11 is 0. The molecule has 3 N–H and O–H groups in total. The summed E-state index contributed by atoms with van der Waals surface area (Å²) in [6.07, 6.45) is 2.78. The smallest absolute Gasteiger partial charge is 0.191 e. The van der Waals surface area contributed by atoms with Gasteiger partial charge >= 0.3 is 0 Å². The van der Waals surface area contributed by atoms with Gasteiger partial charge in [-0.1, -0.05) is 54.6 Å². The first kappa shape index (κ1) is 19.0. The van der Waals surface area contributed by atoms with Crippen molar-refractivity contribution in [1.82, 2.24) is 15.5 Å². The third-order valence-corrected chi connectivity index (χ3v) is 5.96. The highest BCUT2D eigenvalue weighted by atomic mass is 16.3. The number of hydrogen-bond acceptors (Lipinski definition) is 3. The van der Waals surface area contributed by atoms with Crippen LogP contribution in [0.25, 0.3) is 0 Å². The average Bonchev–Trinajstić information content (AvgIpc) is 3.31. The minimum Gasteiger partial charge on any atom is -0.383 e. The van der Waals surface area contributed by atoms with Crippen LogP contribution in [0, 0.1) is 0 Å². The second kappa shape index (κ2) is 8.33. The number of likely N-dealkylation sites (tertiary alicyclic amines) is 1. The predicted octanol–water partition coefficient (Wildman–Crippen LogP) is 2.26. The third kappa shape index (κ3) is 4.21.